The molecule has 0 aliphatic carbocycles. The van der Waals surface area contributed by atoms with Crippen molar-refractivity contribution in [1.29, 1.82) is 5.26 Å². The Morgan fingerprint density at radius 2 is 1.39 bits per heavy atom. The minimum atomic E-state index is -0.465. The average molecular weight is 428 g/mol. The van der Waals surface area contributed by atoms with Gasteiger partial charge in [0, 0.05) is 13.1 Å². The Kier molecular flexibility index (Phi) is 8.33. The molecule has 3 aromatic carbocycles. The third-order valence-corrected chi connectivity index (χ3v) is 5.41. The number of amides is 1. The van der Waals surface area contributed by atoms with Crippen LogP contribution in [-0.4, -0.2) is 29.0 Å². The molecule has 4 nitrogen and oxygen atoms in total. The summed E-state index contributed by atoms with van der Waals surface area (Å²) in [6.07, 6.45) is 1.12. The Balaban J connectivity index is 1.75. The van der Waals surface area contributed by atoms with Crippen molar-refractivity contribution in [2.45, 2.75) is 18.8 Å². The molecular formula is C26H25N3OS. The van der Waals surface area contributed by atoms with Gasteiger partial charge in [0.25, 0.3) is 0 Å². The molecule has 0 saturated heterocycles. The van der Waals surface area contributed by atoms with Crippen molar-refractivity contribution in [3.63, 3.8) is 0 Å². The minimum absolute atomic E-state index is 0.177. The highest BCUT2D eigenvalue weighted by Gasteiger charge is 2.24. The summed E-state index contributed by atoms with van der Waals surface area (Å²) >= 11 is 5.58. The zero-order chi connectivity index (χ0) is 21.9. The second kappa shape index (κ2) is 11.6. The van der Waals surface area contributed by atoms with Gasteiger partial charge in [0.1, 0.15) is 0 Å². The molecule has 0 spiro atoms. The Morgan fingerprint density at radius 3 is 1.90 bits per heavy atom. The van der Waals surface area contributed by atoms with Crippen molar-refractivity contribution in [2.24, 2.45) is 0 Å². The molecule has 0 aliphatic heterocycles. The van der Waals surface area contributed by atoms with Gasteiger partial charge in [-0.15, -0.1) is 0 Å². The lowest BCUT2D eigenvalue weighted by Gasteiger charge is -2.26. The average Bonchev–Trinajstić information content (AvgIpc) is 2.81. The van der Waals surface area contributed by atoms with Gasteiger partial charge in [-0.3, -0.25) is 4.79 Å². The first-order valence-electron chi connectivity index (χ1n) is 10.3. The fraction of sp³-hybridized carbons (Fsp3) is 0.192. The molecule has 0 bridgehead atoms. The van der Waals surface area contributed by atoms with E-state index in [1.54, 1.807) is 0 Å². The van der Waals surface area contributed by atoms with Gasteiger partial charge in [0.2, 0.25) is 5.91 Å². The topological polar surface area (TPSA) is 56.1 Å². The quantitative estimate of drug-likeness (QED) is 0.531. The van der Waals surface area contributed by atoms with Crippen LogP contribution in [0.3, 0.4) is 0 Å². The fourth-order valence-electron chi connectivity index (χ4n) is 3.45. The summed E-state index contributed by atoms with van der Waals surface area (Å²) in [5.74, 6) is -0.642. The number of hydrogen-bond acceptors (Lipinski definition) is 3. The van der Waals surface area contributed by atoms with Crippen LogP contribution in [0.5, 0.6) is 0 Å². The standard InChI is InChI=1S/C26H25N3OS/c27-18-10-19-29(20-17-21-11-4-1-5-12-21)26(31)28-25(30)24(22-13-6-2-7-14-22)23-15-8-3-9-16-23/h1-9,11-16,24H,10,17,19-20H2,(H,28,30,31). The van der Waals surface area contributed by atoms with Gasteiger partial charge in [-0.2, -0.15) is 5.26 Å². The minimum Gasteiger partial charge on any atom is -0.348 e. The summed E-state index contributed by atoms with van der Waals surface area (Å²) in [5, 5.41) is 12.3. The number of carbonyl (C=O) groups is 1. The molecule has 0 saturated carbocycles. The first-order chi connectivity index (χ1) is 15.2. The maximum absolute atomic E-state index is 13.3. The molecule has 0 unspecified atom stereocenters. The molecule has 1 N–H and O–H groups in total. The van der Waals surface area contributed by atoms with Crippen molar-refractivity contribution >= 4 is 23.2 Å². The maximum Gasteiger partial charge on any atom is 0.238 e. The molecule has 0 atom stereocenters. The summed E-state index contributed by atoms with van der Waals surface area (Å²) in [7, 11) is 0. The predicted octanol–water partition coefficient (Wildman–Crippen LogP) is 4.68. The van der Waals surface area contributed by atoms with E-state index in [4.69, 9.17) is 17.5 Å². The summed E-state index contributed by atoms with van der Waals surface area (Å²) in [6.45, 7) is 1.11. The van der Waals surface area contributed by atoms with Crippen molar-refractivity contribution in [1.82, 2.24) is 10.2 Å². The third kappa shape index (κ3) is 6.50. The lowest BCUT2D eigenvalue weighted by Crippen LogP contribution is -2.45. The van der Waals surface area contributed by atoms with Crippen LogP contribution in [-0.2, 0) is 11.2 Å². The second-order valence-electron chi connectivity index (χ2n) is 7.18. The zero-order valence-corrected chi connectivity index (χ0v) is 18.1. The fourth-order valence-corrected chi connectivity index (χ4v) is 3.73. The van der Waals surface area contributed by atoms with E-state index in [2.05, 4.69) is 23.5 Å². The Hall–Kier alpha value is -3.49. The number of nitriles is 1. The predicted molar refractivity (Wildman–Crippen MR) is 127 cm³/mol. The maximum atomic E-state index is 13.3. The van der Waals surface area contributed by atoms with E-state index in [1.165, 1.54) is 5.56 Å². The molecule has 0 radical (unpaired) electrons. The van der Waals surface area contributed by atoms with E-state index in [1.807, 2.05) is 83.8 Å². The molecule has 0 aromatic heterocycles. The largest absolute Gasteiger partial charge is 0.348 e. The molecule has 3 aromatic rings. The van der Waals surface area contributed by atoms with Crippen LogP contribution in [0.25, 0.3) is 0 Å². The van der Waals surface area contributed by atoms with Gasteiger partial charge in [0.05, 0.1) is 18.4 Å². The van der Waals surface area contributed by atoms with Crippen molar-refractivity contribution in [2.75, 3.05) is 13.1 Å². The highest BCUT2D eigenvalue weighted by Crippen LogP contribution is 2.24. The molecular weight excluding hydrogens is 402 g/mol. The monoisotopic (exact) mass is 427 g/mol. The van der Waals surface area contributed by atoms with Gasteiger partial charge in [-0.25, -0.2) is 0 Å². The first kappa shape index (κ1) is 22.2. The van der Waals surface area contributed by atoms with Crippen molar-refractivity contribution < 1.29 is 4.79 Å². The van der Waals surface area contributed by atoms with Crippen LogP contribution in [0.15, 0.2) is 91.0 Å². The SMILES string of the molecule is N#CCCN(CCc1ccccc1)C(=S)NC(=O)C(c1ccccc1)c1ccccc1. The smallest absolute Gasteiger partial charge is 0.238 e. The molecule has 0 fully saturated rings. The number of rotatable bonds is 8. The molecule has 156 valence electrons. The Labute approximate surface area is 189 Å². The molecule has 31 heavy (non-hydrogen) atoms. The summed E-state index contributed by atoms with van der Waals surface area (Å²) in [4.78, 5) is 15.2. The van der Waals surface area contributed by atoms with Crippen LogP contribution in [0.1, 0.15) is 29.0 Å². The van der Waals surface area contributed by atoms with Crippen LogP contribution < -0.4 is 5.32 Å². The van der Waals surface area contributed by atoms with E-state index in [-0.39, 0.29) is 5.91 Å². The Morgan fingerprint density at radius 1 is 0.871 bits per heavy atom. The van der Waals surface area contributed by atoms with Crippen LogP contribution in [0.2, 0.25) is 0 Å². The van der Waals surface area contributed by atoms with Gasteiger partial charge < -0.3 is 10.2 Å². The highest BCUT2D eigenvalue weighted by molar-refractivity contribution is 7.80. The van der Waals surface area contributed by atoms with Gasteiger partial charge in [-0.05, 0) is 35.3 Å². The van der Waals surface area contributed by atoms with Crippen LogP contribution in [0, 0.1) is 11.3 Å². The summed E-state index contributed by atoms with van der Waals surface area (Å²) in [5.41, 5.74) is 2.99. The van der Waals surface area contributed by atoms with E-state index in [0.29, 0.717) is 24.6 Å². The van der Waals surface area contributed by atoms with E-state index in [9.17, 15) is 4.79 Å². The second-order valence-corrected chi connectivity index (χ2v) is 7.57. The molecule has 1 amide bonds. The molecule has 0 heterocycles. The van der Waals surface area contributed by atoms with Gasteiger partial charge in [0.15, 0.2) is 5.11 Å². The number of carbonyl (C=O) groups excluding carboxylic acids is 1. The highest BCUT2D eigenvalue weighted by atomic mass is 32.1. The van der Waals surface area contributed by atoms with Crippen molar-refractivity contribution in [3.8, 4) is 6.07 Å². The molecule has 0 aliphatic rings. The third-order valence-electron chi connectivity index (χ3n) is 5.05. The van der Waals surface area contributed by atoms with E-state index >= 15 is 0 Å². The number of nitrogens with zero attached hydrogens (tertiary/aromatic N) is 2. The molecule has 5 heteroatoms. The van der Waals surface area contributed by atoms with Crippen LogP contribution in [0.4, 0.5) is 0 Å². The normalized spacial score (nSPS) is 10.3. The summed E-state index contributed by atoms with van der Waals surface area (Å²) in [6, 6.07) is 31.6. The van der Waals surface area contributed by atoms with Crippen molar-refractivity contribution in [3.05, 3.63) is 108 Å². The number of thiocarbonyl (C=S) groups is 1. The lowest BCUT2D eigenvalue weighted by molar-refractivity contribution is -0.120. The van der Waals surface area contributed by atoms with Crippen LogP contribution >= 0.6 is 12.2 Å². The number of hydrogen-bond donors (Lipinski definition) is 1. The van der Waals surface area contributed by atoms with E-state index in [0.717, 1.165) is 17.5 Å². The summed E-state index contributed by atoms with van der Waals surface area (Å²) < 4.78 is 0. The number of benzene rings is 3. The molecule has 3 rings (SSSR count). The Bertz CT molecular complexity index is 977. The number of nitrogens with one attached hydrogen (secondary N) is 1. The zero-order valence-electron chi connectivity index (χ0n) is 17.3. The van der Waals surface area contributed by atoms with Gasteiger partial charge in [-0.1, -0.05) is 91.0 Å². The van der Waals surface area contributed by atoms with E-state index < -0.39 is 5.92 Å². The first-order valence-corrected chi connectivity index (χ1v) is 10.7. The van der Waals surface area contributed by atoms with Gasteiger partial charge >= 0.3 is 0 Å². The lowest BCUT2D eigenvalue weighted by atomic mass is 9.90.